The van der Waals surface area contributed by atoms with Crippen LogP contribution >= 0.6 is 11.6 Å². The molecular weight excluding hydrogens is 252 g/mol. The van der Waals surface area contributed by atoms with Gasteiger partial charge in [-0.2, -0.15) is 0 Å². The molecule has 2 heterocycles. The molecule has 1 saturated heterocycles. The van der Waals surface area contributed by atoms with E-state index in [4.69, 9.17) is 11.6 Å². The summed E-state index contributed by atoms with van der Waals surface area (Å²) in [6.07, 6.45) is 1.68. The van der Waals surface area contributed by atoms with E-state index in [0.717, 1.165) is 17.9 Å². The maximum Gasteiger partial charge on any atom is 0.247 e. The first-order valence-electron chi connectivity index (χ1n) is 5.86. The lowest BCUT2D eigenvalue weighted by Crippen LogP contribution is -2.62. The van der Waals surface area contributed by atoms with Gasteiger partial charge in [0.25, 0.3) is 0 Å². The van der Waals surface area contributed by atoms with E-state index in [1.54, 1.807) is 11.1 Å². The van der Waals surface area contributed by atoms with Crippen LogP contribution in [0.1, 0.15) is 19.4 Å². The normalized spacial score (nSPS) is 19.3. The van der Waals surface area contributed by atoms with Crippen molar-refractivity contribution in [2.45, 2.75) is 26.3 Å². The molecule has 1 aliphatic heterocycles. The predicted molar refractivity (Wildman–Crippen MR) is 70.8 cm³/mol. The van der Waals surface area contributed by atoms with Crippen molar-refractivity contribution in [2.75, 3.05) is 25.0 Å². The van der Waals surface area contributed by atoms with Crippen molar-refractivity contribution in [3.05, 3.63) is 17.0 Å². The van der Waals surface area contributed by atoms with E-state index in [-0.39, 0.29) is 11.2 Å². The Bertz CT molecular complexity index is 489. The maximum absolute atomic E-state index is 12.2. The standard InChI is InChI=1S/C12H17ClN4O/c1-8-7-14-11(13)15-9(8)17-6-5-16(4)10(18)12(17,2)3/h7H,5-6H2,1-4H3. The quantitative estimate of drug-likeness (QED) is 0.724. The zero-order chi connectivity index (χ0) is 13.5. The van der Waals surface area contributed by atoms with Gasteiger partial charge in [-0.15, -0.1) is 0 Å². The second kappa shape index (κ2) is 4.39. The lowest BCUT2D eigenvalue weighted by molar-refractivity contribution is -0.136. The largest absolute Gasteiger partial charge is 0.342 e. The van der Waals surface area contributed by atoms with Crippen LogP contribution in [0.25, 0.3) is 0 Å². The van der Waals surface area contributed by atoms with Crippen molar-refractivity contribution in [3.8, 4) is 0 Å². The monoisotopic (exact) mass is 268 g/mol. The molecule has 1 aromatic rings. The van der Waals surface area contributed by atoms with Crippen LogP contribution in [0, 0.1) is 6.92 Å². The predicted octanol–water partition coefficient (Wildman–Crippen LogP) is 1.50. The van der Waals surface area contributed by atoms with E-state index in [1.807, 2.05) is 32.7 Å². The topological polar surface area (TPSA) is 49.3 Å². The van der Waals surface area contributed by atoms with Gasteiger partial charge in [0, 0.05) is 31.9 Å². The fourth-order valence-corrected chi connectivity index (χ4v) is 2.40. The molecule has 2 rings (SSSR count). The lowest BCUT2D eigenvalue weighted by Gasteiger charge is -2.45. The van der Waals surface area contributed by atoms with Gasteiger partial charge in [0.1, 0.15) is 11.4 Å². The highest BCUT2D eigenvalue weighted by molar-refractivity contribution is 6.28. The number of aryl methyl sites for hydroxylation is 1. The Morgan fingerprint density at radius 2 is 2.06 bits per heavy atom. The highest BCUT2D eigenvalue weighted by atomic mass is 35.5. The lowest BCUT2D eigenvalue weighted by atomic mass is 9.97. The van der Waals surface area contributed by atoms with Crippen LogP contribution in [0.5, 0.6) is 0 Å². The van der Waals surface area contributed by atoms with Gasteiger partial charge in [-0.3, -0.25) is 4.79 Å². The summed E-state index contributed by atoms with van der Waals surface area (Å²) in [5, 5.41) is 0.206. The molecule has 1 fully saturated rings. The molecule has 0 radical (unpaired) electrons. The molecule has 1 aromatic heterocycles. The Morgan fingerprint density at radius 1 is 1.39 bits per heavy atom. The molecule has 0 aromatic carbocycles. The molecule has 0 unspecified atom stereocenters. The van der Waals surface area contributed by atoms with E-state index < -0.39 is 5.54 Å². The Kier molecular flexibility index (Phi) is 3.19. The highest BCUT2D eigenvalue weighted by Crippen LogP contribution is 2.29. The molecular formula is C12H17ClN4O. The first-order chi connectivity index (χ1) is 8.34. The van der Waals surface area contributed by atoms with Gasteiger partial charge >= 0.3 is 0 Å². The molecule has 5 nitrogen and oxygen atoms in total. The number of carbonyl (C=O) groups is 1. The number of halogens is 1. The van der Waals surface area contributed by atoms with Crippen molar-refractivity contribution in [3.63, 3.8) is 0 Å². The van der Waals surface area contributed by atoms with E-state index in [2.05, 4.69) is 9.97 Å². The third kappa shape index (κ3) is 2.03. The summed E-state index contributed by atoms with van der Waals surface area (Å²) in [5.41, 5.74) is 0.306. The van der Waals surface area contributed by atoms with Crippen molar-refractivity contribution in [1.82, 2.24) is 14.9 Å². The molecule has 0 saturated carbocycles. The van der Waals surface area contributed by atoms with E-state index in [1.165, 1.54) is 0 Å². The van der Waals surface area contributed by atoms with Crippen LogP contribution < -0.4 is 4.90 Å². The van der Waals surface area contributed by atoms with Crippen molar-refractivity contribution in [1.29, 1.82) is 0 Å². The zero-order valence-electron chi connectivity index (χ0n) is 11.1. The minimum atomic E-state index is -0.616. The second-order valence-electron chi connectivity index (χ2n) is 5.08. The first kappa shape index (κ1) is 13.1. The Morgan fingerprint density at radius 3 is 2.72 bits per heavy atom. The van der Waals surface area contributed by atoms with Gasteiger partial charge in [-0.25, -0.2) is 9.97 Å². The molecule has 0 N–H and O–H groups in total. The zero-order valence-corrected chi connectivity index (χ0v) is 11.8. The smallest absolute Gasteiger partial charge is 0.247 e. The van der Waals surface area contributed by atoms with Crippen LogP contribution in [-0.4, -0.2) is 46.5 Å². The van der Waals surface area contributed by atoms with Gasteiger partial charge in [-0.1, -0.05) is 0 Å². The van der Waals surface area contributed by atoms with Gasteiger partial charge < -0.3 is 9.80 Å². The molecule has 18 heavy (non-hydrogen) atoms. The van der Waals surface area contributed by atoms with Crippen LogP contribution in [0.15, 0.2) is 6.20 Å². The molecule has 98 valence electrons. The molecule has 0 atom stereocenters. The average molecular weight is 269 g/mol. The number of anilines is 1. The molecule has 0 spiro atoms. The van der Waals surface area contributed by atoms with Gasteiger partial charge in [0.2, 0.25) is 11.2 Å². The second-order valence-corrected chi connectivity index (χ2v) is 5.42. The third-order valence-electron chi connectivity index (χ3n) is 3.38. The van der Waals surface area contributed by atoms with E-state index >= 15 is 0 Å². The van der Waals surface area contributed by atoms with Crippen LogP contribution in [0.4, 0.5) is 5.82 Å². The average Bonchev–Trinajstić information content (AvgIpc) is 2.30. The maximum atomic E-state index is 12.2. The summed E-state index contributed by atoms with van der Waals surface area (Å²) in [6.45, 7) is 7.15. The number of hydrogen-bond donors (Lipinski definition) is 0. The van der Waals surface area contributed by atoms with Gasteiger partial charge in [0.05, 0.1) is 0 Å². The molecule has 0 bridgehead atoms. The first-order valence-corrected chi connectivity index (χ1v) is 6.24. The van der Waals surface area contributed by atoms with Gasteiger partial charge in [0.15, 0.2) is 0 Å². The summed E-state index contributed by atoms with van der Waals surface area (Å²) in [6, 6.07) is 0. The van der Waals surface area contributed by atoms with Gasteiger partial charge in [-0.05, 0) is 32.4 Å². The number of nitrogens with zero attached hydrogens (tertiary/aromatic N) is 4. The number of amides is 1. The molecule has 0 aliphatic carbocycles. The fraction of sp³-hybridized carbons (Fsp3) is 0.583. The SMILES string of the molecule is Cc1cnc(Cl)nc1N1CCN(C)C(=O)C1(C)C. The summed E-state index contributed by atoms with van der Waals surface area (Å²) in [5.74, 6) is 0.823. The van der Waals surface area contributed by atoms with E-state index in [9.17, 15) is 4.79 Å². The minimum Gasteiger partial charge on any atom is -0.342 e. The van der Waals surface area contributed by atoms with Crippen molar-refractivity contribution in [2.24, 2.45) is 0 Å². The summed E-state index contributed by atoms with van der Waals surface area (Å²) >= 11 is 5.85. The third-order valence-corrected chi connectivity index (χ3v) is 3.56. The van der Waals surface area contributed by atoms with Crippen LogP contribution in [0.2, 0.25) is 5.28 Å². The Balaban J connectivity index is 2.44. The number of piperazine rings is 1. The Labute approximate surface area is 112 Å². The van der Waals surface area contributed by atoms with Crippen molar-refractivity contribution >= 4 is 23.3 Å². The minimum absolute atomic E-state index is 0.0860. The number of likely N-dealkylation sites (N-methyl/N-ethyl adjacent to an activating group) is 1. The number of hydrogen-bond acceptors (Lipinski definition) is 4. The number of aromatic nitrogens is 2. The number of rotatable bonds is 1. The number of carbonyl (C=O) groups excluding carboxylic acids is 1. The summed E-state index contributed by atoms with van der Waals surface area (Å²) < 4.78 is 0. The Hall–Kier alpha value is -1.36. The fourth-order valence-electron chi connectivity index (χ4n) is 2.27. The molecule has 1 amide bonds. The molecule has 6 heteroatoms. The molecule has 1 aliphatic rings. The van der Waals surface area contributed by atoms with Crippen LogP contribution in [0.3, 0.4) is 0 Å². The van der Waals surface area contributed by atoms with Crippen LogP contribution in [-0.2, 0) is 4.79 Å². The summed E-state index contributed by atoms with van der Waals surface area (Å²) in [4.78, 5) is 24.2. The van der Waals surface area contributed by atoms with E-state index in [0.29, 0.717) is 6.54 Å². The van der Waals surface area contributed by atoms with Crippen molar-refractivity contribution < 1.29 is 4.79 Å². The highest BCUT2D eigenvalue weighted by Gasteiger charge is 2.41. The summed E-state index contributed by atoms with van der Waals surface area (Å²) in [7, 11) is 1.82.